The van der Waals surface area contributed by atoms with Gasteiger partial charge < -0.3 is 15.5 Å². The molecule has 5 heteroatoms. The molecule has 0 aliphatic heterocycles. The first-order valence-electron chi connectivity index (χ1n) is 7.76. The summed E-state index contributed by atoms with van der Waals surface area (Å²) in [5.74, 6) is 0.865. The van der Waals surface area contributed by atoms with Gasteiger partial charge in [0.15, 0.2) is 6.61 Å². The molecule has 0 heterocycles. The predicted octanol–water partition coefficient (Wildman–Crippen LogP) is 3.07. The fourth-order valence-corrected chi connectivity index (χ4v) is 2.08. The maximum atomic E-state index is 12.3. The molecule has 1 amide bonds. The summed E-state index contributed by atoms with van der Waals surface area (Å²) in [5, 5.41) is 3.82. The summed E-state index contributed by atoms with van der Waals surface area (Å²) in [6, 6.07) is 7.78. The number of nitrogens with two attached hydrogens (primary N) is 1. The van der Waals surface area contributed by atoms with Crippen LogP contribution in [0.5, 0.6) is 0 Å². The van der Waals surface area contributed by atoms with Crippen LogP contribution in [0.15, 0.2) is 29.4 Å². The smallest absolute Gasteiger partial charge is 0.267 e. The van der Waals surface area contributed by atoms with Crippen LogP contribution in [0.1, 0.15) is 39.2 Å². The van der Waals surface area contributed by atoms with E-state index in [4.69, 9.17) is 10.6 Å². The first-order chi connectivity index (χ1) is 10.5. The molecule has 1 rings (SSSR count). The van der Waals surface area contributed by atoms with Crippen molar-refractivity contribution >= 4 is 17.4 Å². The number of carbonyl (C=O) groups excluding carboxylic acids is 1. The largest absolute Gasteiger partial charge is 0.384 e. The van der Waals surface area contributed by atoms with E-state index in [0.717, 1.165) is 17.7 Å². The maximum absolute atomic E-state index is 12.3. The summed E-state index contributed by atoms with van der Waals surface area (Å²) in [6.45, 7) is 8.64. The number of carbonyl (C=O) groups is 1. The highest BCUT2D eigenvalue weighted by molar-refractivity contribution is 5.95. The molecule has 22 heavy (non-hydrogen) atoms. The van der Waals surface area contributed by atoms with E-state index < -0.39 is 0 Å². The van der Waals surface area contributed by atoms with Crippen molar-refractivity contribution < 1.29 is 9.63 Å². The van der Waals surface area contributed by atoms with Crippen molar-refractivity contribution in [3.05, 3.63) is 29.8 Å². The van der Waals surface area contributed by atoms with Crippen molar-refractivity contribution in [3.63, 3.8) is 0 Å². The monoisotopic (exact) mass is 305 g/mol. The molecule has 5 nitrogen and oxygen atoms in total. The minimum atomic E-state index is -0.128. The molecular weight excluding hydrogens is 278 g/mol. The number of benzene rings is 1. The standard InChI is InChI=1S/C17H27N3O2/c1-5-20(15-9-7-6-8-14(15)4)17(21)12-22-19-16(18)11-10-13(2)3/h6-9,13H,5,10-12H2,1-4H3,(H2,18,19). The Labute approximate surface area is 133 Å². The zero-order chi connectivity index (χ0) is 16.5. The van der Waals surface area contributed by atoms with Crippen LogP contribution in [0.25, 0.3) is 0 Å². The second-order valence-corrected chi connectivity index (χ2v) is 5.71. The van der Waals surface area contributed by atoms with Crippen molar-refractivity contribution in [2.24, 2.45) is 16.8 Å². The second-order valence-electron chi connectivity index (χ2n) is 5.71. The SMILES string of the molecule is CCN(C(=O)CO/N=C(\N)CCC(C)C)c1ccccc1C. The molecule has 0 aliphatic carbocycles. The Bertz CT molecular complexity index is 512. The van der Waals surface area contributed by atoms with Gasteiger partial charge in [-0.1, -0.05) is 37.2 Å². The van der Waals surface area contributed by atoms with Crippen LogP contribution in [0, 0.1) is 12.8 Å². The van der Waals surface area contributed by atoms with Crippen LogP contribution >= 0.6 is 0 Å². The molecule has 0 atom stereocenters. The van der Waals surface area contributed by atoms with E-state index in [2.05, 4.69) is 19.0 Å². The van der Waals surface area contributed by atoms with E-state index in [1.54, 1.807) is 4.90 Å². The number of likely N-dealkylation sites (N-methyl/N-ethyl adjacent to an activating group) is 1. The second kappa shape index (κ2) is 9.07. The number of amidine groups is 1. The van der Waals surface area contributed by atoms with Crippen molar-refractivity contribution in [3.8, 4) is 0 Å². The third kappa shape index (κ3) is 5.76. The van der Waals surface area contributed by atoms with Crippen molar-refractivity contribution in [1.82, 2.24) is 0 Å². The number of oxime groups is 1. The average Bonchev–Trinajstić information content (AvgIpc) is 2.48. The van der Waals surface area contributed by atoms with Crippen LogP contribution in [0.3, 0.4) is 0 Å². The van der Waals surface area contributed by atoms with E-state index in [1.165, 1.54) is 0 Å². The summed E-state index contributed by atoms with van der Waals surface area (Å²) in [7, 11) is 0. The topological polar surface area (TPSA) is 67.9 Å². The zero-order valence-corrected chi connectivity index (χ0v) is 14.0. The molecule has 0 bridgehead atoms. The van der Waals surface area contributed by atoms with Gasteiger partial charge in [0.1, 0.15) is 5.84 Å². The molecular formula is C17H27N3O2. The molecule has 2 N–H and O–H groups in total. The first kappa shape index (κ1) is 18.0. The fraction of sp³-hybridized carbons (Fsp3) is 0.529. The van der Waals surface area contributed by atoms with E-state index in [-0.39, 0.29) is 12.5 Å². The molecule has 0 radical (unpaired) electrons. The maximum Gasteiger partial charge on any atom is 0.267 e. The number of amides is 1. The summed E-state index contributed by atoms with van der Waals surface area (Å²) in [4.78, 5) is 19.1. The van der Waals surface area contributed by atoms with Gasteiger partial charge in [0.05, 0.1) is 0 Å². The minimum Gasteiger partial charge on any atom is -0.384 e. The Morgan fingerprint density at radius 1 is 1.36 bits per heavy atom. The van der Waals surface area contributed by atoms with Crippen LogP contribution < -0.4 is 10.6 Å². The predicted molar refractivity (Wildman–Crippen MR) is 90.9 cm³/mol. The Morgan fingerprint density at radius 3 is 2.64 bits per heavy atom. The van der Waals surface area contributed by atoms with Gasteiger partial charge in [0.25, 0.3) is 5.91 Å². The molecule has 0 spiro atoms. The Morgan fingerprint density at radius 2 is 2.05 bits per heavy atom. The molecule has 122 valence electrons. The number of anilines is 1. The zero-order valence-electron chi connectivity index (χ0n) is 14.0. The Kier molecular flexibility index (Phi) is 7.43. The molecule has 0 aromatic heterocycles. The van der Waals surface area contributed by atoms with Crippen molar-refractivity contribution in [1.29, 1.82) is 0 Å². The Balaban J connectivity index is 2.56. The average molecular weight is 305 g/mol. The van der Waals surface area contributed by atoms with Crippen LogP contribution in [-0.2, 0) is 9.63 Å². The van der Waals surface area contributed by atoms with Gasteiger partial charge in [0, 0.05) is 18.7 Å². The van der Waals surface area contributed by atoms with Crippen molar-refractivity contribution in [2.45, 2.75) is 40.5 Å². The van der Waals surface area contributed by atoms with Crippen LogP contribution in [-0.4, -0.2) is 24.9 Å². The molecule has 0 aliphatic rings. The van der Waals surface area contributed by atoms with Gasteiger partial charge in [-0.15, -0.1) is 0 Å². The molecule has 1 aromatic carbocycles. The van der Waals surface area contributed by atoms with Gasteiger partial charge in [-0.2, -0.15) is 0 Å². The molecule has 0 saturated carbocycles. The highest BCUT2D eigenvalue weighted by atomic mass is 16.6. The van der Waals surface area contributed by atoms with Gasteiger partial charge in [0.2, 0.25) is 0 Å². The quantitative estimate of drug-likeness (QED) is 0.456. The third-order valence-corrected chi connectivity index (χ3v) is 3.37. The molecule has 0 unspecified atom stereocenters. The van der Waals surface area contributed by atoms with Crippen LogP contribution in [0.4, 0.5) is 5.69 Å². The van der Waals surface area contributed by atoms with Crippen LogP contribution in [0.2, 0.25) is 0 Å². The van der Waals surface area contributed by atoms with Gasteiger partial charge in [-0.3, -0.25) is 4.79 Å². The van der Waals surface area contributed by atoms with E-state index >= 15 is 0 Å². The lowest BCUT2D eigenvalue weighted by Crippen LogP contribution is -2.34. The lowest BCUT2D eigenvalue weighted by molar-refractivity contribution is -0.123. The number of hydrogen-bond acceptors (Lipinski definition) is 3. The van der Waals surface area contributed by atoms with Gasteiger partial charge >= 0.3 is 0 Å². The number of aryl methyl sites for hydroxylation is 1. The number of para-hydroxylation sites is 1. The Hall–Kier alpha value is -2.04. The minimum absolute atomic E-state index is 0.107. The van der Waals surface area contributed by atoms with E-state index in [1.807, 2.05) is 38.1 Å². The normalized spacial score (nSPS) is 11.6. The summed E-state index contributed by atoms with van der Waals surface area (Å²) in [6.07, 6.45) is 1.64. The summed E-state index contributed by atoms with van der Waals surface area (Å²) in [5.41, 5.74) is 7.70. The van der Waals surface area contributed by atoms with Crippen molar-refractivity contribution in [2.75, 3.05) is 18.1 Å². The highest BCUT2D eigenvalue weighted by Crippen LogP contribution is 2.19. The molecule has 1 aromatic rings. The van der Waals surface area contributed by atoms with E-state index in [0.29, 0.717) is 24.7 Å². The molecule has 0 saturated heterocycles. The lowest BCUT2D eigenvalue weighted by atomic mass is 10.1. The number of rotatable bonds is 8. The van der Waals surface area contributed by atoms with E-state index in [9.17, 15) is 4.79 Å². The lowest BCUT2D eigenvalue weighted by Gasteiger charge is -2.22. The number of hydrogen-bond donors (Lipinski definition) is 1. The molecule has 0 fully saturated rings. The number of nitrogens with zero attached hydrogens (tertiary/aromatic N) is 2. The fourth-order valence-electron chi connectivity index (χ4n) is 2.08. The van der Waals surface area contributed by atoms with Gasteiger partial charge in [-0.05, 0) is 37.8 Å². The highest BCUT2D eigenvalue weighted by Gasteiger charge is 2.16. The third-order valence-electron chi connectivity index (χ3n) is 3.37. The first-order valence-corrected chi connectivity index (χ1v) is 7.76. The summed E-state index contributed by atoms with van der Waals surface area (Å²) < 4.78 is 0. The van der Waals surface area contributed by atoms with Gasteiger partial charge in [-0.25, -0.2) is 0 Å². The summed E-state index contributed by atoms with van der Waals surface area (Å²) >= 11 is 0.